The van der Waals surface area contributed by atoms with Gasteiger partial charge in [0.15, 0.2) is 12.4 Å². The second-order valence-corrected chi connectivity index (χ2v) is 10.9. The average Bonchev–Trinajstić information content (AvgIpc) is 3.69. The largest absolute Gasteiger partial charge is 0.454 e. The second-order valence-electron chi connectivity index (χ2n) is 10.9. The number of fused-ring (bicyclic) bond motifs is 6. The standard InChI is InChI=1S/C33H26N2O5/c36-28(20-6-2-1-3-7-20)18-40-33(39)25-17-27(34-26-9-5-4-8-24(25)26)19-12-14-23(15-13-19)35-31(37)29-21-10-11-22(16-21)30(29)32(35)38/h1-9,12-15,17,21-22,29-30H,10-11,16,18H2/t21-,22+,29-,30+. The van der Waals surface area contributed by atoms with Crippen molar-refractivity contribution in [2.45, 2.75) is 19.3 Å². The third-order valence-electron chi connectivity index (χ3n) is 8.71. The van der Waals surface area contributed by atoms with Crippen molar-refractivity contribution in [3.8, 4) is 11.3 Å². The van der Waals surface area contributed by atoms with E-state index in [0.717, 1.165) is 24.8 Å². The fourth-order valence-corrected chi connectivity index (χ4v) is 6.85. The maximum Gasteiger partial charge on any atom is 0.339 e. The minimum atomic E-state index is -0.616. The van der Waals surface area contributed by atoms with Gasteiger partial charge in [-0.1, -0.05) is 60.7 Å². The molecule has 40 heavy (non-hydrogen) atoms. The molecule has 2 bridgehead atoms. The van der Waals surface area contributed by atoms with E-state index in [1.54, 1.807) is 48.5 Å². The Balaban J connectivity index is 1.16. The van der Waals surface area contributed by atoms with Gasteiger partial charge in [0.25, 0.3) is 0 Å². The van der Waals surface area contributed by atoms with Crippen molar-refractivity contribution < 1.29 is 23.9 Å². The predicted molar refractivity (Wildman–Crippen MR) is 149 cm³/mol. The number of ketones is 1. The first-order valence-electron chi connectivity index (χ1n) is 13.6. The molecular formula is C33H26N2O5. The number of para-hydroxylation sites is 1. The van der Waals surface area contributed by atoms with Gasteiger partial charge in [-0.05, 0) is 55.4 Å². The highest BCUT2D eigenvalue weighted by Crippen LogP contribution is 2.56. The van der Waals surface area contributed by atoms with Crippen LogP contribution in [0.25, 0.3) is 22.2 Å². The number of anilines is 1. The maximum absolute atomic E-state index is 13.2. The van der Waals surface area contributed by atoms with Crippen molar-refractivity contribution in [3.05, 3.63) is 96.1 Å². The Bertz CT molecular complexity index is 1650. The number of esters is 1. The summed E-state index contributed by atoms with van der Waals surface area (Å²) in [6, 6.07) is 24.8. The van der Waals surface area contributed by atoms with Crippen LogP contribution in [0.4, 0.5) is 5.69 Å². The Morgan fingerprint density at radius 2 is 1.48 bits per heavy atom. The number of Topliss-reactive ketones (excluding diaryl/α,β-unsaturated/α-hetero) is 1. The summed E-state index contributed by atoms with van der Waals surface area (Å²) in [6.07, 6.45) is 3.07. The van der Waals surface area contributed by atoms with Crippen LogP contribution < -0.4 is 4.90 Å². The topological polar surface area (TPSA) is 93.6 Å². The van der Waals surface area contributed by atoms with E-state index in [0.29, 0.717) is 45.2 Å². The fraction of sp³-hybridized carbons (Fsp3) is 0.242. The second kappa shape index (κ2) is 9.52. The Morgan fingerprint density at radius 3 is 2.17 bits per heavy atom. The zero-order valence-electron chi connectivity index (χ0n) is 21.7. The molecule has 0 N–H and O–H groups in total. The van der Waals surface area contributed by atoms with Gasteiger partial charge in [0.1, 0.15) is 0 Å². The number of carbonyl (C=O) groups is 4. The molecule has 1 aromatic heterocycles. The van der Waals surface area contributed by atoms with Crippen LogP contribution in [0.3, 0.4) is 0 Å². The van der Waals surface area contributed by atoms with Crippen LogP contribution >= 0.6 is 0 Å². The molecule has 3 aromatic carbocycles. The highest BCUT2D eigenvalue weighted by Gasteiger charge is 2.61. The first-order valence-corrected chi connectivity index (χ1v) is 13.6. The molecule has 0 radical (unpaired) electrons. The van der Waals surface area contributed by atoms with Gasteiger partial charge in [-0.15, -0.1) is 0 Å². The number of carbonyl (C=O) groups excluding carboxylic acids is 4. The van der Waals surface area contributed by atoms with Gasteiger partial charge in [-0.2, -0.15) is 0 Å². The molecule has 2 aliphatic carbocycles. The van der Waals surface area contributed by atoms with E-state index in [2.05, 4.69) is 0 Å². The van der Waals surface area contributed by atoms with Crippen molar-refractivity contribution >= 4 is 40.2 Å². The molecule has 0 unspecified atom stereocenters. The zero-order chi connectivity index (χ0) is 27.4. The van der Waals surface area contributed by atoms with Crippen LogP contribution in [-0.2, 0) is 14.3 Å². The van der Waals surface area contributed by atoms with E-state index >= 15 is 0 Å². The maximum atomic E-state index is 13.2. The fourth-order valence-electron chi connectivity index (χ4n) is 6.85. The summed E-state index contributed by atoms with van der Waals surface area (Å²) in [7, 11) is 0. The average molecular weight is 531 g/mol. The molecule has 2 saturated carbocycles. The van der Waals surface area contributed by atoms with Crippen molar-refractivity contribution in [2.75, 3.05) is 11.5 Å². The quantitative estimate of drug-likeness (QED) is 0.186. The SMILES string of the molecule is O=C(COC(=O)c1cc(-c2ccc(N3C(=O)[C@@H]4[C@@H]5CC[C@@H](C5)[C@@H]4C3=O)cc2)nc2ccccc12)c1ccccc1. The summed E-state index contributed by atoms with van der Waals surface area (Å²) < 4.78 is 5.41. The van der Waals surface area contributed by atoms with Gasteiger partial charge in [-0.3, -0.25) is 19.3 Å². The van der Waals surface area contributed by atoms with Crippen LogP contribution in [0.15, 0.2) is 84.9 Å². The number of rotatable bonds is 6. The molecule has 1 aliphatic heterocycles. The molecule has 7 rings (SSSR count). The molecule has 4 atom stereocenters. The molecule has 3 fully saturated rings. The molecule has 198 valence electrons. The molecule has 2 amide bonds. The number of nitrogens with zero attached hydrogens (tertiary/aromatic N) is 2. The Morgan fingerprint density at radius 1 is 0.825 bits per heavy atom. The smallest absolute Gasteiger partial charge is 0.339 e. The van der Waals surface area contributed by atoms with Crippen LogP contribution in [-0.4, -0.2) is 35.2 Å². The predicted octanol–water partition coefficient (Wildman–Crippen LogP) is 5.48. The number of ether oxygens (including phenoxy) is 1. The van der Waals surface area contributed by atoms with E-state index in [9.17, 15) is 19.2 Å². The lowest BCUT2D eigenvalue weighted by molar-refractivity contribution is -0.123. The Labute approximate surface area is 230 Å². The van der Waals surface area contributed by atoms with E-state index in [1.165, 1.54) is 4.90 Å². The highest BCUT2D eigenvalue weighted by atomic mass is 16.5. The summed E-state index contributed by atoms with van der Waals surface area (Å²) in [5, 5.41) is 0.620. The van der Waals surface area contributed by atoms with Gasteiger partial charge in [0, 0.05) is 16.5 Å². The minimum Gasteiger partial charge on any atom is -0.454 e. The van der Waals surface area contributed by atoms with Gasteiger partial charge < -0.3 is 4.74 Å². The van der Waals surface area contributed by atoms with Gasteiger partial charge >= 0.3 is 5.97 Å². The summed E-state index contributed by atoms with van der Waals surface area (Å²) in [6.45, 7) is -0.370. The van der Waals surface area contributed by atoms with Crippen molar-refractivity contribution in [1.82, 2.24) is 4.98 Å². The van der Waals surface area contributed by atoms with E-state index in [-0.39, 0.29) is 36.0 Å². The number of hydrogen-bond acceptors (Lipinski definition) is 6. The lowest BCUT2D eigenvalue weighted by atomic mass is 9.81. The number of pyridine rings is 1. The molecule has 3 aliphatic rings. The van der Waals surface area contributed by atoms with Crippen molar-refractivity contribution in [1.29, 1.82) is 0 Å². The lowest BCUT2D eigenvalue weighted by Gasteiger charge is -2.19. The van der Waals surface area contributed by atoms with Crippen molar-refractivity contribution in [2.24, 2.45) is 23.7 Å². The lowest BCUT2D eigenvalue weighted by Crippen LogP contribution is -2.32. The number of aromatic nitrogens is 1. The van der Waals surface area contributed by atoms with Crippen LogP contribution in [0.1, 0.15) is 40.0 Å². The van der Waals surface area contributed by atoms with Gasteiger partial charge in [-0.25, -0.2) is 9.78 Å². The van der Waals surface area contributed by atoms with E-state index < -0.39 is 5.97 Å². The Hall–Kier alpha value is -4.65. The van der Waals surface area contributed by atoms with Crippen LogP contribution in [0.5, 0.6) is 0 Å². The first kappa shape index (κ1) is 24.4. The van der Waals surface area contributed by atoms with Crippen LogP contribution in [0, 0.1) is 23.7 Å². The first-order chi connectivity index (χ1) is 19.5. The summed E-state index contributed by atoms with van der Waals surface area (Å²) in [5.74, 6) is -0.729. The monoisotopic (exact) mass is 530 g/mol. The molecule has 7 heteroatoms. The summed E-state index contributed by atoms with van der Waals surface area (Å²) in [5.41, 5.74) is 3.22. The van der Waals surface area contributed by atoms with Crippen LogP contribution in [0.2, 0.25) is 0 Å². The molecular weight excluding hydrogens is 504 g/mol. The summed E-state index contributed by atoms with van der Waals surface area (Å²) in [4.78, 5) is 58.2. The Kier molecular flexibility index (Phi) is 5.81. The van der Waals surface area contributed by atoms with E-state index in [4.69, 9.17) is 9.72 Å². The zero-order valence-corrected chi connectivity index (χ0v) is 21.7. The highest BCUT2D eigenvalue weighted by molar-refractivity contribution is 6.22. The number of amides is 2. The summed E-state index contributed by atoms with van der Waals surface area (Å²) >= 11 is 0. The molecule has 2 heterocycles. The minimum absolute atomic E-state index is 0.0751. The third kappa shape index (κ3) is 3.92. The molecule has 7 nitrogen and oxygen atoms in total. The van der Waals surface area contributed by atoms with Crippen molar-refractivity contribution in [3.63, 3.8) is 0 Å². The molecule has 4 aromatic rings. The number of hydrogen-bond donors (Lipinski definition) is 0. The normalized spacial score (nSPS) is 23.1. The molecule has 1 saturated heterocycles. The number of imide groups is 1. The van der Waals surface area contributed by atoms with Gasteiger partial charge in [0.05, 0.1) is 34.3 Å². The van der Waals surface area contributed by atoms with E-state index in [1.807, 2.05) is 36.4 Å². The number of benzene rings is 3. The third-order valence-corrected chi connectivity index (χ3v) is 8.71. The van der Waals surface area contributed by atoms with Gasteiger partial charge in [0.2, 0.25) is 11.8 Å². The molecule has 0 spiro atoms.